The van der Waals surface area contributed by atoms with Crippen LogP contribution >= 0.6 is 11.8 Å². The maximum absolute atomic E-state index is 13.2. The van der Waals surface area contributed by atoms with Gasteiger partial charge in [-0.2, -0.15) is 5.01 Å². The van der Waals surface area contributed by atoms with Crippen LogP contribution in [-0.4, -0.2) is 97.1 Å². The molecular weight excluding hydrogens is 426 g/mol. The number of carbonyl (C=O) groups is 1. The van der Waals surface area contributed by atoms with Gasteiger partial charge in [-0.3, -0.25) is 10.2 Å². The summed E-state index contributed by atoms with van der Waals surface area (Å²) in [6.07, 6.45) is -5.60. The number of likely N-dealkylation sites (N-methyl/N-ethyl adjacent to an activating group) is 1. The topological polar surface area (TPSA) is 162 Å². The van der Waals surface area contributed by atoms with E-state index in [4.69, 9.17) is 10.1 Å². The van der Waals surface area contributed by atoms with Gasteiger partial charge in [-0.05, 0) is 19.1 Å². The number of nitrogens with zero attached hydrogens (tertiary/aromatic N) is 4. The first-order valence-corrected chi connectivity index (χ1v) is 10.5. The molecule has 12 heteroatoms. The van der Waals surface area contributed by atoms with Crippen LogP contribution in [0.15, 0.2) is 40.3 Å². The molecule has 0 radical (unpaired) electrons. The molecule has 0 bridgehead atoms. The third kappa shape index (κ3) is 3.40. The third-order valence-electron chi connectivity index (χ3n) is 5.75. The Labute approximate surface area is 182 Å². The highest BCUT2D eigenvalue weighted by molar-refractivity contribution is 8.14. The van der Waals surface area contributed by atoms with Crippen molar-refractivity contribution in [2.45, 2.75) is 42.3 Å². The zero-order valence-electron chi connectivity index (χ0n) is 16.8. The molecule has 2 fully saturated rings. The van der Waals surface area contributed by atoms with Gasteiger partial charge in [0, 0.05) is 7.05 Å². The predicted octanol–water partition coefficient (Wildman–Crippen LogP) is -1.04. The molecule has 3 heterocycles. The van der Waals surface area contributed by atoms with Crippen molar-refractivity contribution in [1.29, 1.82) is 5.41 Å². The lowest BCUT2D eigenvalue weighted by atomic mass is 9.94. The maximum Gasteiger partial charge on any atom is 0.289 e. The second-order valence-electron chi connectivity index (χ2n) is 7.57. The molecule has 1 aromatic carbocycles. The van der Waals surface area contributed by atoms with Crippen molar-refractivity contribution in [3.05, 3.63) is 30.3 Å². The minimum absolute atomic E-state index is 0.00142. The first-order chi connectivity index (χ1) is 14.7. The summed E-state index contributed by atoms with van der Waals surface area (Å²) in [6, 6.07) is 8.96. The normalized spacial score (nSPS) is 36.3. The number of anilines is 1. The second-order valence-corrected chi connectivity index (χ2v) is 8.63. The van der Waals surface area contributed by atoms with Crippen LogP contribution in [0.1, 0.15) is 6.92 Å². The number of hydrogen-bond acceptors (Lipinski definition) is 10. The maximum atomic E-state index is 13.2. The number of hydrogen-bond donors (Lipinski definition) is 5. The number of amidine groups is 2. The molecule has 31 heavy (non-hydrogen) atoms. The Morgan fingerprint density at radius 3 is 2.48 bits per heavy atom. The first kappa shape index (κ1) is 22.0. The summed E-state index contributed by atoms with van der Waals surface area (Å²) in [7, 11) is 1.67. The summed E-state index contributed by atoms with van der Waals surface area (Å²) in [5, 5.41) is 51.1. The van der Waals surface area contributed by atoms with E-state index in [9.17, 15) is 25.2 Å². The molecule has 3 aliphatic heterocycles. The van der Waals surface area contributed by atoms with Crippen molar-refractivity contribution in [1.82, 2.24) is 5.01 Å². The Morgan fingerprint density at radius 1 is 1.16 bits per heavy atom. The lowest BCUT2D eigenvalue weighted by Gasteiger charge is -2.39. The summed E-state index contributed by atoms with van der Waals surface area (Å²) >= 11 is 0.804. The highest BCUT2D eigenvalue weighted by Gasteiger charge is 2.56. The van der Waals surface area contributed by atoms with E-state index in [1.54, 1.807) is 43.2 Å². The molecule has 11 nitrogen and oxygen atoms in total. The highest BCUT2D eigenvalue weighted by Crippen LogP contribution is 2.37. The van der Waals surface area contributed by atoms with Gasteiger partial charge in [-0.15, -0.1) is 0 Å². The van der Waals surface area contributed by atoms with Gasteiger partial charge in [-0.1, -0.05) is 30.0 Å². The lowest BCUT2D eigenvalue weighted by Crippen LogP contribution is -2.58. The molecular formula is C19H23N5O6S. The van der Waals surface area contributed by atoms with Crippen LogP contribution in [0.4, 0.5) is 5.69 Å². The molecule has 1 unspecified atom stereocenters. The third-order valence-corrected chi connectivity index (χ3v) is 6.77. The van der Waals surface area contributed by atoms with E-state index in [0.29, 0.717) is 5.69 Å². The molecule has 0 spiro atoms. The average molecular weight is 449 g/mol. The van der Waals surface area contributed by atoms with E-state index < -0.39 is 47.9 Å². The van der Waals surface area contributed by atoms with Gasteiger partial charge in [0.05, 0.1) is 12.3 Å². The summed E-state index contributed by atoms with van der Waals surface area (Å²) in [6.45, 7) is 1.11. The number of para-hydroxylation sites is 1. The number of fused-ring (bicyclic) bond motifs is 1. The van der Waals surface area contributed by atoms with Crippen LogP contribution < -0.4 is 5.01 Å². The smallest absolute Gasteiger partial charge is 0.289 e. The van der Waals surface area contributed by atoms with Crippen LogP contribution in [-0.2, 0) is 9.53 Å². The first-order valence-electron chi connectivity index (χ1n) is 9.57. The Balaban J connectivity index is 1.63. The molecule has 1 aromatic rings. The number of rotatable bonds is 3. The number of ether oxygens (including phenoxy) is 1. The van der Waals surface area contributed by atoms with E-state index in [1.807, 2.05) is 6.07 Å². The Kier molecular flexibility index (Phi) is 5.72. The molecule has 3 aliphatic rings. The van der Waals surface area contributed by atoms with E-state index in [0.717, 1.165) is 11.8 Å². The molecule has 0 aliphatic carbocycles. The van der Waals surface area contributed by atoms with Crippen LogP contribution in [0.3, 0.4) is 0 Å². The average Bonchev–Trinajstić information content (AvgIpc) is 2.96. The lowest BCUT2D eigenvalue weighted by molar-refractivity contribution is -0.205. The Hall–Kier alpha value is -2.19. The fraction of sp³-hybridized carbons (Fsp3) is 0.474. The summed E-state index contributed by atoms with van der Waals surface area (Å²) in [4.78, 5) is 21.7. The summed E-state index contributed by atoms with van der Waals surface area (Å²) in [5.74, 6) is -0.540. The van der Waals surface area contributed by atoms with Gasteiger partial charge in [0.15, 0.2) is 11.0 Å². The number of hydrazine groups is 1. The van der Waals surface area contributed by atoms with Crippen molar-refractivity contribution in [2.75, 3.05) is 18.7 Å². The number of aliphatic hydroxyl groups is 4. The number of aliphatic hydroxyl groups excluding tert-OH is 4. The van der Waals surface area contributed by atoms with E-state index in [2.05, 4.69) is 9.98 Å². The summed E-state index contributed by atoms with van der Waals surface area (Å²) in [5.41, 5.74) is -1.60. The number of amides is 1. The van der Waals surface area contributed by atoms with Crippen molar-refractivity contribution in [3.63, 3.8) is 0 Å². The van der Waals surface area contributed by atoms with E-state index in [-0.39, 0.29) is 16.7 Å². The summed E-state index contributed by atoms with van der Waals surface area (Å²) < 4.78 is 5.47. The van der Waals surface area contributed by atoms with Crippen molar-refractivity contribution < 1.29 is 30.0 Å². The van der Waals surface area contributed by atoms with Gasteiger partial charge in [0.1, 0.15) is 41.1 Å². The quantitative estimate of drug-likeness (QED) is 0.391. The number of aliphatic imine (C=N–C) groups is 2. The van der Waals surface area contributed by atoms with Crippen molar-refractivity contribution in [3.8, 4) is 0 Å². The van der Waals surface area contributed by atoms with E-state index in [1.165, 1.54) is 5.01 Å². The molecule has 4 rings (SSSR count). The fourth-order valence-electron chi connectivity index (χ4n) is 3.73. The van der Waals surface area contributed by atoms with Gasteiger partial charge in [0.25, 0.3) is 5.91 Å². The van der Waals surface area contributed by atoms with Crippen LogP contribution in [0, 0.1) is 5.41 Å². The monoisotopic (exact) mass is 449 g/mol. The van der Waals surface area contributed by atoms with Crippen LogP contribution in [0.25, 0.3) is 0 Å². The number of benzene rings is 1. The zero-order chi connectivity index (χ0) is 22.5. The fourth-order valence-corrected chi connectivity index (χ4v) is 4.72. The van der Waals surface area contributed by atoms with E-state index >= 15 is 0 Å². The second kappa shape index (κ2) is 8.06. The highest BCUT2D eigenvalue weighted by atomic mass is 32.2. The van der Waals surface area contributed by atoms with Gasteiger partial charge >= 0.3 is 0 Å². The van der Waals surface area contributed by atoms with Gasteiger partial charge in [0.2, 0.25) is 0 Å². The molecule has 5 N–H and O–H groups in total. The van der Waals surface area contributed by atoms with Crippen molar-refractivity contribution >= 4 is 40.1 Å². The largest absolute Gasteiger partial charge is 0.394 e. The number of thioether (sulfide) groups is 1. The number of nitrogens with one attached hydrogen (secondary N) is 1. The minimum Gasteiger partial charge on any atom is -0.394 e. The minimum atomic E-state index is -1.54. The molecule has 166 valence electrons. The number of carbonyl (C=O) groups excluding carboxylic acids is 1. The molecule has 1 amide bonds. The van der Waals surface area contributed by atoms with Crippen molar-refractivity contribution in [2.24, 2.45) is 9.98 Å². The molecule has 6 atom stereocenters. The standard InChI is InChI=1S/C19H23N5O6S/c1-19-14(15(29)24(23(19)2)9-6-4-3-5-7-9)21-18(22-17(19)20)31-16-13(28)12(27)11(26)10(8-25)30-16/h3-7,10-13,16,20,25-28H,8H2,1-2H3/t10-,11+,12+,13-,16+,19?/m1/s1. The Morgan fingerprint density at radius 2 is 1.84 bits per heavy atom. The van der Waals surface area contributed by atoms with Gasteiger partial charge < -0.3 is 25.2 Å². The SMILES string of the molecule is CN1N(c2ccccc2)C(=O)C2=NC(S[C@@H]3O[C@H](CO)[C@H](O)[C@H](O)[C@H]3O)=NC(=N)C21C. The molecule has 0 saturated carbocycles. The molecule has 0 aromatic heterocycles. The van der Waals surface area contributed by atoms with Crippen LogP contribution in [0.5, 0.6) is 0 Å². The zero-order valence-corrected chi connectivity index (χ0v) is 17.6. The Bertz CT molecular complexity index is 956. The van der Waals surface area contributed by atoms with Gasteiger partial charge in [-0.25, -0.2) is 15.0 Å². The van der Waals surface area contributed by atoms with Crippen LogP contribution in [0.2, 0.25) is 0 Å². The predicted molar refractivity (Wildman–Crippen MR) is 114 cm³/mol. The molecule has 2 saturated heterocycles.